The molecule has 1 aliphatic rings. The predicted octanol–water partition coefficient (Wildman–Crippen LogP) is 2.22. The SMILES string of the molecule is CC(O)(CNC1CC1)COc1ccc(Cl)cc1. The average molecular weight is 256 g/mol. The summed E-state index contributed by atoms with van der Waals surface area (Å²) in [5.74, 6) is 0.723. The van der Waals surface area contributed by atoms with Crippen molar-refractivity contribution in [2.75, 3.05) is 13.2 Å². The van der Waals surface area contributed by atoms with Crippen LogP contribution in [0.15, 0.2) is 24.3 Å². The second-order valence-electron chi connectivity index (χ2n) is 4.89. The number of halogens is 1. The molecule has 1 fully saturated rings. The Balaban J connectivity index is 1.76. The van der Waals surface area contributed by atoms with Gasteiger partial charge in [-0.25, -0.2) is 0 Å². The zero-order chi connectivity index (χ0) is 12.3. The summed E-state index contributed by atoms with van der Waals surface area (Å²) in [5, 5.41) is 14.1. The monoisotopic (exact) mass is 255 g/mol. The highest BCUT2D eigenvalue weighted by atomic mass is 35.5. The molecule has 0 bridgehead atoms. The molecule has 0 heterocycles. The summed E-state index contributed by atoms with van der Waals surface area (Å²) in [6.07, 6.45) is 2.43. The van der Waals surface area contributed by atoms with Crippen LogP contribution in [0.3, 0.4) is 0 Å². The standard InChI is InChI=1S/C13H18ClNO2/c1-13(16,8-15-11-4-5-11)9-17-12-6-2-10(14)3-7-12/h2-3,6-7,11,15-16H,4-5,8-9H2,1H3. The van der Waals surface area contributed by atoms with E-state index >= 15 is 0 Å². The minimum Gasteiger partial charge on any atom is -0.491 e. The number of rotatable bonds is 6. The normalized spacial score (nSPS) is 18.8. The number of aliphatic hydroxyl groups is 1. The predicted molar refractivity (Wildman–Crippen MR) is 68.6 cm³/mol. The summed E-state index contributed by atoms with van der Waals surface area (Å²) < 4.78 is 5.53. The van der Waals surface area contributed by atoms with Crippen LogP contribution in [0.1, 0.15) is 19.8 Å². The third-order valence-electron chi connectivity index (χ3n) is 2.71. The van der Waals surface area contributed by atoms with Crippen LogP contribution >= 0.6 is 11.6 Å². The summed E-state index contributed by atoms with van der Waals surface area (Å²) in [5.41, 5.74) is -0.845. The van der Waals surface area contributed by atoms with Gasteiger partial charge in [0.25, 0.3) is 0 Å². The van der Waals surface area contributed by atoms with Gasteiger partial charge in [0.15, 0.2) is 0 Å². The highest BCUT2D eigenvalue weighted by Gasteiger charge is 2.27. The summed E-state index contributed by atoms with van der Waals surface area (Å²) in [6.45, 7) is 2.61. The number of hydrogen-bond acceptors (Lipinski definition) is 3. The van der Waals surface area contributed by atoms with E-state index in [1.54, 1.807) is 31.2 Å². The van der Waals surface area contributed by atoms with Crippen LogP contribution < -0.4 is 10.1 Å². The lowest BCUT2D eigenvalue weighted by Crippen LogP contribution is -2.43. The maximum absolute atomic E-state index is 10.1. The van der Waals surface area contributed by atoms with Crippen molar-refractivity contribution < 1.29 is 9.84 Å². The second-order valence-corrected chi connectivity index (χ2v) is 5.33. The first kappa shape index (κ1) is 12.7. The van der Waals surface area contributed by atoms with Crippen molar-refractivity contribution in [2.24, 2.45) is 0 Å². The molecule has 0 radical (unpaired) electrons. The fourth-order valence-electron chi connectivity index (χ4n) is 1.47. The average Bonchev–Trinajstić information content (AvgIpc) is 3.10. The Hall–Kier alpha value is -0.770. The van der Waals surface area contributed by atoms with Gasteiger partial charge in [0.2, 0.25) is 0 Å². The first-order valence-electron chi connectivity index (χ1n) is 5.89. The molecule has 17 heavy (non-hydrogen) atoms. The minimum atomic E-state index is -0.845. The topological polar surface area (TPSA) is 41.5 Å². The van der Waals surface area contributed by atoms with Crippen molar-refractivity contribution in [2.45, 2.75) is 31.4 Å². The first-order valence-corrected chi connectivity index (χ1v) is 6.27. The summed E-state index contributed by atoms with van der Waals surface area (Å²) >= 11 is 5.78. The van der Waals surface area contributed by atoms with E-state index in [0.29, 0.717) is 17.6 Å². The van der Waals surface area contributed by atoms with Crippen molar-refractivity contribution in [3.8, 4) is 5.75 Å². The van der Waals surface area contributed by atoms with Crippen molar-refractivity contribution in [1.29, 1.82) is 0 Å². The molecular weight excluding hydrogens is 238 g/mol. The lowest BCUT2D eigenvalue weighted by molar-refractivity contribution is 0.0120. The van der Waals surface area contributed by atoms with Gasteiger partial charge in [0, 0.05) is 17.6 Å². The molecule has 1 aliphatic carbocycles. The highest BCUT2D eigenvalue weighted by molar-refractivity contribution is 6.30. The fourth-order valence-corrected chi connectivity index (χ4v) is 1.60. The Morgan fingerprint density at radius 2 is 2.06 bits per heavy atom. The van der Waals surface area contributed by atoms with Crippen LogP contribution in [-0.4, -0.2) is 29.9 Å². The summed E-state index contributed by atoms with van der Waals surface area (Å²) in [7, 11) is 0. The second kappa shape index (κ2) is 5.25. The van der Waals surface area contributed by atoms with Crippen LogP contribution in [0.2, 0.25) is 5.02 Å². The smallest absolute Gasteiger partial charge is 0.119 e. The molecule has 1 unspecified atom stereocenters. The van der Waals surface area contributed by atoms with Gasteiger partial charge in [-0.15, -0.1) is 0 Å². The lowest BCUT2D eigenvalue weighted by atomic mass is 10.1. The molecule has 1 aromatic rings. The van der Waals surface area contributed by atoms with Gasteiger partial charge < -0.3 is 15.2 Å². The molecule has 1 atom stereocenters. The van der Waals surface area contributed by atoms with Gasteiger partial charge in [-0.2, -0.15) is 0 Å². The van der Waals surface area contributed by atoms with E-state index in [9.17, 15) is 5.11 Å². The molecule has 3 nitrogen and oxygen atoms in total. The largest absolute Gasteiger partial charge is 0.491 e. The van der Waals surface area contributed by atoms with Crippen LogP contribution in [0.5, 0.6) is 5.75 Å². The van der Waals surface area contributed by atoms with Crippen molar-refractivity contribution in [1.82, 2.24) is 5.32 Å². The van der Waals surface area contributed by atoms with Crippen LogP contribution in [0.25, 0.3) is 0 Å². The third kappa shape index (κ3) is 4.54. The molecule has 2 N–H and O–H groups in total. The molecule has 1 saturated carbocycles. The van der Waals surface area contributed by atoms with Crippen molar-refractivity contribution in [3.63, 3.8) is 0 Å². The Morgan fingerprint density at radius 1 is 1.41 bits per heavy atom. The Bertz CT molecular complexity index is 360. The Kier molecular flexibility index (Phi) is 3.92. The first-order chi connectivity index (χ1) is 8.05. The number of nitrogens with one attached hydrogen (secondary N) is 1. The van der Waals surface area contributed by atoms with Gasteiger partial charge in [-0.3, -0.25) is 0 Å². The summed E-state index contributed by atoms with van der Waals surface area (Å²) in [6, 6.07) is 7.73. The highest BCUT2D eigenvalue weighted by Crippen LogP contribution is 2.20. The Labute approximate surface area is 107 Å². The molecule has 94 valence electrons. The van der Waals surface area contributed by atoms with E-state index in [2.05, 4.69) is 5.32 Å². The maximum atomic E-state index is 10.1. The van der Waals surface area contributed by atoms with E-state index in [1.165, 1.54) is 12.8 Å². The quantitative estimate of drug-likeness (QED) is 0.819. The van der Waals surface area contributed by atoms with Gasteiger partial charge in [0.1, 0.15) is 18.0 Å². The van der Waals surface area contributed by atoms with Crippen LogP contribution in [0.4, 0.5) is 0 Å². The van der Waals surface area contributed by atoms with Gasteiger partial charge in [-0.1, -0.05) is 11.6 Å². The number of hydrogen-bond donors (Lipinski definition) is 2. The molecular formula is C13H18ClNO2. The van der Waals surface area contributed by atoms with Gasteiger partial charge in [-0.05, 0) is 44.0 Å². The minimum absolute atomic E-state index is 0.272. The molecule has 0 amide bonds. The fraction of sp³-hybridized carbons (Fsp3) is 0.538. The van der Waals surface area contributed by atoms with Crippen molar-refractivity contribution >= 4 is 11.6 Å². The molecule has 0 saturated heterocycles. The number of benzene rings is 1. The molecule has 2 rings (SSSR count). The van der Waals surface area contributed by atoms with Crippen LogP contribution in [-0.2, 0) is 0 Å². The zero-order valence-corrected chi connectivity index (χ0v) is 10.7. The van der Waals surface area contributed by atoms with Crippen molar-refractivity contribution in [3.05, 3.63) is 29.3 Å². The van der Waals surface area contributed by atoms with E-state index in [4.69, 9.17) is 16.3 Å². The molecule has 0 aromatic heterocycles. The van der Waals surface area contributed by atoms with E-state index in [1.807, 2.05) is 0 Å². The Morgan fingerprint density at radius 3 is 2.65 bits per heavy atom. The lowest BCUT2D eigenvalue weighted by Gasteiger charge is -2.24. The van der Waals surface area contributed by atoms with E-state index in [-0.39, 0.29) is 6.61 Å². The zero-order valence-electron chi connectivity index (χ0n) is 9.95. The maximum Gasteiger partial charge on any atom is 0.119 e. The number of ether oxygens (including phenoxy) is 1. The molecule has 0 spiro atoms. The van der Waals surface area contributed by atoms with E-state index < -0.39 is 5.60 Å². The van der Waals surface area contributed by atoms with Gasteiger partial charge >= 0.3 is 0 Å². The van der Waals surface area contributed by atoms with Gasteiger partial charge in [0.05, 0.1) is 0 Å². The van der Waals surface area contributed by atoms with Crippen LogP contribution in [0, 0.1) is 0 Å². The van der Waals surface area contributed by atoms with E-state index in [0.717, 1.165) is 5.75 Å². The third-order valence-corrected chi connectivity index (χ3v) is 2.96. The molecule has 0 aliphatic heterocycles. The molecule has 4 heteroatoms. The summed E-state index contributed by atoms with van der Waals surface area (Å²) in [4.78, 5) is 0. The molecule has 1 aromatic carbocycles.